The highest BCUT2D eigenvalue weighted by Gasteiger charge is 2.10. The van der Waals surface area contributed by atoms with Gasteiger partial charge in [-0.1, -0.05) is 48.5 Å². The quantitative estimate of drug-likeness (QED) is 0.302. The van der Waals surface area contributed by atoms with E-state index in [1.54, 1.807) is 30.0 Å². The second-order valence-corrected chi connectivity index (χ2v) is 9.51. The van der Waals surface area contributed by atoms with Crippen molar-refractivity contribution >= 4 is 41.0 Å². The Balaban J connectivity index is 1.85. The van der Waals surface area contributed by atoms with Gasteiger partial charge in [0.15, 0.2) is 5.78 Å². The second kappa shape index (κ2) is 10.1. The Morgan fingerprint density at radius 3 is 2.52 bits per heavy atom. The summed E-state index contributed by atoms with van der Waals surface area (Å²) in [5.74, 6) is -0.531. The van der Waals surface area contributed by atoms with Gasteiger partial charge in [0, 0.05) is 16.5 Å². The van der Waals surface area contributed by atoms with Crippen molar-refractivity contribution in [1.29, 1.82) is 0 Å². The van der Waals surface area contributed by atoms with E-state index >= 15 is 0 Å². The minimum absolute atomic E-state index is 0.168. The van der Waals surface area contributed by atoms with Gasteiger partial charge in [0.1, 0.15) is 10.5 Å². The Hall–Kier alpha value is -3.22. The lowest BCUT2D eigenvalue weighted by molar-refractivity contribution is 0.106. The highest BCUT2D eigenvalue weighted by Crippen LogP contribution is 2.15. The van der Waals surface area contributed by atoms with E-state index in [9.17, 15) is 14.0 Å². The van der Waals surface area contributed by atoms with Crippen LogP contribution >= 0.6 is 23.1 Å². The Labute approximate surface area is 199 Å². The second-order valence-electron chi connectivity index (χ2n) is 7.57. The van der Waals surface area contributed by atoms with E-state index in [4.69, 9.17) is 0 Å². The van der Waals surface area contributed by atoms with Crippen molar-refractivity contribution in [1.82, 2.24) is 4.57 Å². The number of hydrogen-bond donors (Lipinski definition) is 0. The van der Waals surface area contributed by atoms with Crippen LogP contribution in [0.4, 0.5) is 4.39 Å². The summed E-state index contributed by atoms with van der Waals surface area (Å²) in [7, 11) is 0. The van der Waals surface area contributed by atoms with Crippen molar-refractivity contribution in [2.45, 2.75) is 18.4 Å². The van der Waals surface area contributed by atoms with E-state index in [0.717, 1.165) is 16.0 Å². The summed E-state index contributed by atoms with van der Waals surface area (Å²) >= 11 is 2.91. The lowest BCUT2D eigenvalue weighted by atomic mass is 10.1. The largest absolute Gasteiger partial charge is 0.294 e. The molecule has 4 aromatic rings. The first-order valence-corrected chi connectivity index (χ1v) is 12.4. The van der Waals surface area contributed by atoms with Crippen LogP contribution in [0.2, 0.25) is 0 Å². The summed E-state index contributed by atoms with van der Waals surface area (Å²) in [5.41, 5.74) is 2.82. The molecular weight excluding hydrogens is 453 g/mol. The molecule has 3 aromatic carbocycles. The molecule has 0 spiro atoms. The summed E-state index contributed by atoms with van der Waals surface area (Å²) in [6.07, 6.45) is 5.34. The first-order chi connectivity index (χ1) is 15.9. The van der Waals surface area contributed by atoms with Gasteiger partial charge in [-0.25, -0.2) is 4.39 Å². The molecule has 1 aromatic heterocycles. The number of carbonyl (C=O) groups excluding carboxylic acids is 1. The number of carbonyl (C=O) groups is 1. The lowest BCUT2D eigenvalue weighted by Crippen LogP contribution is -2.32. The maximum atomic E-state index is 13.7. The number of rotatable bonds is 6. The SMILES string of the molecule is CSc1ccc(/C=c2/s/c(=C\C(=O)c3ccccc3C)n(Cc3cccc(F)c3)c2=O)cc1. The van der Waals surface area contributed by atoms with Crippen molar-refractivity contribution in [2.24, 2.45) is 0 Å². The highest BCUT2D eigenvalue weighted by atomic mass is 32.2. The fraction of sp³-hybridized carbons (Fsp3) is 0.111. The van der Waals surface area contributed by atoms with Gasteiger partial charge < -0.3 is 0 Å². The van der Waals surface area contributed by atoms with Gasteiger partial charge in [-0.05, 0) is 60.2 Å². The zero-order valence-electron chi connectivity index (χ0n) is 18.2. The van der Waals surface area contributed by atoms with Crippen LogP contribution in [0.15, 0.2) is 82.5 Å². The number of thiazole rings is 1. The van der Waals surface area contributed by atoms with Gasteiger partial charge in [0.2, 0.25) is 0 Å². The predicted molar refractivity (Wildman–Crippen MR) is 135 cm³/mol. The van der Waals surface area contributed by atoms with Crippen molar-refractivity contribution < 1.29 is 9.18 Å². The predicted octanol–water partition coefficient (Wildman–Crippen LogP) is 4.62. The maximum absolute atomic E-state index is 13.7. The van der Waals surface area contributed by atoms with Gasteiger partial charge in [0.05, 0.1) is 11.1 Å². The molecule has 0 unspecified atom stereocenters. The maximum Gasteiger partial charge on any atom is 0.269 e. The van der Waals surface area contributed by atoms with Crippen molar-refractivity contribution in [3.05, 3.63) is 120 Å². The monoisotopic (exact) mass is 475 g/mol. The smallest absolute Gasteiger partial charge is 0.269 e. The van der Waals surface area contributed by atoms with Gasteiger partial charge in [-0.3, -0.25) is 14.2 Å². The third kappa shape index (κ3) is 5.41. The topological polar surface area (TPSA) is 39.1 Å². The molecular formula is C27H22FNO2S2. The number of hydrogen-bond acceptors (Lipinski definition) is 4. The van der Waals surface area contributed by atoms with E-state index in [1.165, 1.54) is 34.1 Å². The lowest BCUT2D eigenvalue weighted by Gasteiger charge is -2.04. The molecule has 0 aliphatic carbocycles. The third-order valence-corrected chi connectivity index (χ3v) is 7.05. The van der Waals surface area contributed by atoms with Crippen LogP contribution in [0.1, 0.15) is 27.0 Å². The fourth-order valence-electron chi connectivity index (χ4n) is 3.50. The molecule has 3 nitrogen and oxygen atoms in total. The molecule has 0 bridgehead atoms. The van der Waals surface area contributed by atoms with Crippen LogP contribution in [-0.2, 0) is 6.54 Å². The average molecular weight is 476 g/mol. The Kier molecular flexibility index (Phi) is 7.06. The van der Waals surface area contributed by atoms with E-state index in [0.29, 0.717) is 20.3 Å². The summed E-state index contributed by atoms with van der Waals surface area (Å²) in [6, 6.07) is 21.4. The van der Waals surface area contributed by atoms with Crippen LogP contribution in [0, 0.1) is 12.7 Å². The summed E-state index contributed by atoms with van der Waals surface area (Å²) in [6.45, 7) is 2.06. The molecule has 33 heavy (non-hydrogen) atoms. The summed E-state index contributed by atoms with van der Waals surface area (Å²) in [5, 5.41) is 0. The van der Waals surface area contributed by atoms with Gasteiger partial charge >= 0.3 is 0 Å². The number of ketones is 1. The molecule has 0 atom stereocenters. The van der Waals surface area contributed by atoms with Crippen molar-refractivity contribution in [3.63, 3.8) is 0 Å². The van der Waals surface area contributed by atoms with Gasteiger partial charge in [-0.15, -0.1) is 23.1 Å². The van der Waals surface area contributed by atoms with Crippen molar-refractivity contribution in [3.8, 4) is 0 Å². The van der Waals surface area contributed by atoms with E-state index in [-0.39, 0.29) is 23.7 Å². The molecule has 0 saturated heterocycles. The number of nitrogens with zero attached hydrogens (tertiary/aromatic N) is 1. The van der Waals surface area contributed by atoms with Crippen LogP contribution in [0.25, 0.3) is 12.2 Å². The normalized spacial score (nSPS) is 12.3. The molecule has 0 fully saturated rings. The first-order valence-electron chi connectivity index (χ1n) is 10.4. The zero-order chi connectivity index (χ0) is 23.4. The average Bonchev–Trinajstić information content (AvgIpc) is 3.08. The first kappa shape index (κ1) is 23.0. The van der Waals surface area contributed by atoms with Crippen LogP contribution in [0.5, 0.6) is 0 Å². The Morgan fingerprint density at radius 1 is 1.06 bits per heavy atom. The molecule has 0 N–H and O–H groups in total. The Bertz CT molecular complexity index is 1480. The molecule has 4 rings (SSSR count). The summed E-state index contributed by atoms with van der Waals surface area (Å²) in [4.78, 5) is 27.4. The summed E-state index contributed by atoms with van der Waals surface area (Å²) < 4.78 is 16.3. The zero-order valence-corrected chi connectivity index (χ0v) is 19.9. The highest BCUT2D eigenvalue weighted by molar-refractivity contribution is 7.98. The molecule has 0 aliphatic heterocycles. The van der Waals surface area contributed by atoms with E-state index in [1.807, 2.05) is 61.7 Å². The van der Waals surface area contributed by atoms with Crippen LogP contribution in [0.3, 0.4) is 0 Å². The number of thioether (sulfide) groups is 1. The van der Waals surface area contributed by atoms with Crippen molar-refractivity contribution in [2.75, 3.05) is 6.26 Å². The van der Waals surface area contributed by atoms with Gasteiger partial charge in [0.25, 0.3) is 5.56 Å². The molecule has 6 heteroatoms. The number of benzene rings is 3. The molecule has 166 valence electrons. The molecule has 0 aliphatic rings. The molecule has 1 heterocycles. The van der Waals surface area contributed by atoms with Crippen LogP contribution in [-0.4, -0.2) is 16.6 Å². The van der Waals surface area contributed by atoms with E-state index in [2.05, 4.69) is 0 Å². The molecule has 0 radical (unpaired) electrons. The third-order valence-electron chi connectivity index (χ3n) is 5.24. The number of aromatic nitrogens is 1. The number of aryl methyl sites for hydroxylation is 1. The van der Waals surface area contributed by atoms with Gasteiger partial charge in [-0.2, -0.15) is 0 Å². The minimum Gasteiger partial charge on any atom is -0.294 e. The fourth-order valence-corrected chi connectivity index (χ4v) is 4.95. The van der Waals surface area contributed by atoms with Crippen LogP contribution < -0.4 is 14.8 Å². The molecule has 0 saturated carbocycles. The Morgan fingerprint density at radius 2 is 1.82 bits per heavy atom. The van der Waals surface area contributed by atoms with E-state index < -0.39 is 0 Å². The number of Topliss-reactive ketones (excluding diaryl/α,β-unsaturated/α-hetero) is 1. The molecule has 0 amide bonds. The standard InChI is InChI=1S/C27H22FNO2S2/c1-18-6-3-4-9-23(18)24(30)16-26-29(17-20-7-5-8-21(28)14-20)27(31)25(33-26)15-19-10-12-22(32-2)13-11-19/h3-16H,17H2,1-2H3/b25-15+,26-16-. The minimum atomic E-state index is -0.363. The number of halogens is 1.